The van der Waals surface area contributed by atoms with Crippen molar-refractivity contribution in [3.05, 3.63) is 29.8 Å². The van der Waals surface area contributed by atoms with Crippen LogP contribution < -0.4 is 4.72 Å². The second-order valence-corrected chi connectivity index (χ2v) is 6.55. The highest BCUT2D eigenvalue weighted by molar-refractivity contribution is 7.92. The van der Waals surface area contributed by atoms with Crippen LogP contribution in [0.25, 0.3) is 0 Å². The van der Waals surface area contributed by atoms with Crippen molar-refractivity contribution in [3.8, 4) is 0 Å². The largest absolute Gasteiger partial charge is 0.294 e. The molecule has 1 rings (SSSR count). The van der Waals surface area contributed by atoms with Gasteiger partial charge in [0, 0.05) is 5.56 Å². The molecule has 0 aliphatic carbocycles. The molecule has 5 heteroatoms. The minimum atomic E-state index is -3.39. The van der Waals surface area contributed by atoms with Crippen LogP contribution in [0.15, 0.2) is 24.3 Å². The van der Waals surface area contributed by atoms with E-state index in [1.807, 2.05) is 13.8 Å². The van der Waals surface area contributed by atoms with E-state index >= 15 is 0 Å². The van der Waals surface area contributed by atoms with Gasteiger partial charge in [-0.1, -0.05) is 26.0 Å². The second kappa shape index (κ2) is 6.00. The molecule has 0 radical (unpaired) electrons. The van der Waals surface area contributed by atoms with E-state index in [0.717, 1.165) is 0 Å². The molecule has 0 spiro atoms. The van der Waals surface area contributed by atoms with Crippen LogP contribution in [0.3, 0.4) is 0 Å². The Bertz CT molecular complexity index is 521. The summed E-state index contributed by atoms with van der Waals surface area (Å²) >= 11 is 0. The number of nitrogens with one attached hydrogen (secondary N) is 1. The summed E-state index contributed by atoms with van der Waals surface area (Å²) in [4.78, 5) is 11.4. The third kappa shape index (κ3) is 4.49. The summed E-state index contributed by atoms with van der Waals surface area (Å²) in [5.41, 5.74) is 0.749. The average molecular weight is 269 g/mol. The molecule has 1 aromatic carbocycles. The number of hydrogen-bond donors (Lipinski definition) is 1. The molecular weight excluding hydrogens is 250 g/mol. The Labute approximate surface area is 108 Å². The van der Waals surface area contributed by atoms with E-state index in [-0.39, 0.29) is 11.5 Å². The number of ketones is 1. The molecule has 0 heterocycles. The number of para-hydroxylation sites is 1. The zero-order valence-corrected chi connectivity index (χ0v) is 11.8. The molecule has 0 amide bonds. The topological polar surface area (TPSA) is 63.2 Å². The maximum Gasteiger partial charge on any atom is 0.232 e. The third-order valence-corrected chi connectivity index (χ3v) is 3.84. The first-order valence-electron chi connectivity index (χ1n) is 5.92. The van der Waals surface area contributed by atoms with Crippen molar-refractivity contribution in [3.63, 3.8) is 0 Å². The van der Waals surface area contributed by atoms with Gasteiger partial charge in [-0.15, -0.1) is 0 Å². The monoisotopic (exact) mass is 269 g/mol. The van der Waals surface area contributed by atoms with Crippen molar-refractivity contribution in [1.82, 2.24) is 0 Å². The molecule has 0 bridgehead atoms. The number of carbonyl (C=O) groups is 1. The Balaban J connectivity index is 2.87. The molecule has 0 aliphatic rings. The number of rotatable bonds is 6. The second-order valence-electron chi connectivity index (χ2n) is 4.71. The van der Waals surface area contributed by atoms with Crippen molar-refractivity contribution < 1.29 is 13.2 Å². The Morgan fingerprint density at radius 2 is 1.89 bits per heavy atom. The van der Waals surface area contributed by atoms with E-state index in [1.54, 1.807) is 24.3 Å². The molecule has 0 aromatic heterocycles. The van der Waals surface area contributed by atoms with E-state index in [0.29, 0.717) is 23.6 Å². The highest BCUT2D eigenvalue weighted by Gasteiger charge is 2.14. The normalized spacial score (nSPS) is 11.6. The van der Waals surface area contributed by atoms with Crippen LogP contribution in [-0.4, -0.2) is 20.0 Å². The van der Waals surface area contributed by atoms with Crippen LogP contribution in [0, 0.1) is 5.92 Å². The SMILES string of the molecule is CC(=O)c1ccccc1NS(=O)(=O)CCC(C)C. The number of hydrogen-bond acceptors (Lipinski definition) is 3. The Morgan fingerprint density at radius 1 is 1.28 bits per heavy atom. The zero-order chi connectivity index (χ0) is 13.8. The van der Waals surface area contributed by atoms with Gasteiger partial charge in [-0.3, -0.25) is 9.52 Å². The first kappa shape index (κ1) is 14.7. The lowest BCUT2D eigenvalue weighted by Gasteiger charge is -2.11. The summed E-state index contributed by atoms with van der Waals surface area (Å²) in [6.07, 6.45) is 0.595. The summed E-state index contributed by atoms with van der Waals surface area (Å²) in [6.45, 7) is 5.36. The van der Waals surface area contributed by atoms with Crippen LogP contribution >= 0.6 is 0 Å². The fourth-order valence-electron chi connectivity index (χ4n) is 1.49. The molecule has 1 N–H and O–H groups in total. The first-order chi connectivity index (χ1) is 8.32. The van der Waals surface area contributed by atoms with Gasteiger partial charge in [0.15, 0.2) is 5.78 Å². The molecular formula is C13H19NO3S. The summed E-state index contributed by atoms with van der Waals surface area (Å²) in [7, 11) is -3.39. The van der Waals surface area contributed by atoms with Gasteiger partial charge in [-0.2, -0.15) is 0 Å². The number of Topliss-reactive ketones (excluding diaryl/α,β-unsaturated/α-hetero) is 1. The molecule has 0 fully saturated rings. The molecule has 1 aromatic rings. The molecule has 100 valence electrons. The van der Waals surface area contributed by atoms with E-state index in [4.69, 9.17) is 0 Å². The molecule has 0 aliphatic heterocycles. The van der Waals surface area contributed by atoms with Gasteiger partial charge in [-0.05, 0) is 31.4 Å². The van der Waals surface area contributed by atoms with E-state index in [1.165, 1.54) is 6.92 Å². The average Bonchev–Trinajstić information content (AvgIpc) is 2.26. The Hall–Kier alpha value is -1.36. The highest BCUT2D eigenvalue weighted by Crippen LogP contribution is 2.17. The van der Waals surface area contributed by atoms with Crippen LogP contribution in [0.5, 0.6) is 0 Å². The van der Waals surface area contributed by atoms with Gasteiger partial charge in [0.25, 0.3) is 0 Å². The van der Waals surface area contributed by atoms with E-state index in [2.05, 4.69) is 4.72 Å². The lowest BCUT2D eigenvalue weighted by molar-refractivity contribution is 0.101. The molecule has 0 saturated heterocycles. The number of carbonyl (C=O) groups excluding carboxylic acids is 1. The summed E-state index contributed by atoms with van der Waals surface area (Å²) in [6, 6.07) is 6.63. The molecule has 18 heavy (non-hydrogen) atoms. The number of anilines is 1. The van der Waals surface area contributed by atoms with Crippen LogP contribution in [-0.2, 0) is 10.0 Å². The standard InChI is InChI=1S/C13H19NO3S/c1-10(2)8-9-18(16,17)14-13-7-5-4-6-12(13)11(3)15/h4-7,10,14H,8-9H2,1-3H3. The van der Waals surface area contributed by atoms with Gasteiger partial charge in [0.2, 0.25) is 10.0 Å². The summed E-state index contributed by atoms with van der Waals surface area (Å²) in [5, 5.41) is 0. The predicted octanol–water partition coefficient (Wildman–Crippen LogP) is 2.68. The van der Waals surface area contributed by atoms with Crippen molar-refractivity contribution in [2.24, 2.45) is 5.92 Å². The van der Waals surface area contributed by atoms with Gasteiger partial charge < -0.3 is 0 Å². The van der Waals surface area contributed by atoms with Gasteiger partial charge in [-0.25, -0.2) is 8.42 Å². The molecule has 0 unspecified atom stereocenters. The minimum absolute atomic E-state index is 0.0664. The number of sulfonamides is 1. The van der Waals surface area contributed by atoms with Crippen molar-refractivity contribution in [2.45, 2.75) is 27.2 Å². The Kier molecular flexibility index (Phi) is 4.90. The lowest BCUT2D eigenvalue weighted by Crippen LogP contribution is -2.19. The smallest absolute Gasteiger partial charge is 0.232 e. The van der Waals surface area contributed by atoms with Gasteiger partial charge >= 0.3 is 0 Å². The van der Waals surface area contributed by atoms with Crippen LogP contribution in [0.4, 0.5) is 5.69 Å². The van der Waals surface area contributed by atoms with Gasteiger partial charge in [0.05, 0.1) is 11.4 Å². The fourth-order valence-corrected chi connectivity index (χ4v) is 2.89. The number of benzene rings is 1. The van der Waals surface area contributed by atoms with Crippen molar-refractivity contribution in [2.75, 3.05) is 10.5 Å². The molecule has 0 atom stereocenters. The Morgan fingerprint density at radius 3 is 2.44 bits per heavy atom. The minimum Gasteiger partial charge on any atom is -0.294 e. The zero-order valence-electron chi connectivity index (χ0n) is 10.9. The van der Waals surface area contributed by atoms with Crippen LogP contribution in [0.2, 0.25) is 0 Å². The van der Waals surface area contributed by atoms with Crippen molar-refractivity contribution in [1.29, 1.82) is 0 Å². The quantitative estimate of drug-likeness (QED) is 0.808. The predicted molar refractivity (Wildman–Crippen MR) is 73.3 cm³/mol. The maximum atomic E-state index is 11.9. The van der Waals surface area contributed by atoms with E-state index in [9.17, 15) is 13.2 Å². The van der Waals surface area contributed by atoms with Gasteiger partial charge in [0.1, 0.15) is 0 Å². The third-order valence-electron chi connectivity index (χ3n) is 2.54. The first-order valence-corrected chi connectivity index (χ1v) is 7.57. The van der Waals surface area contributed by atoms with Crippen molar-refractivity contribution >= 4 is 21.5 Å². The molecule has 0 saturated carbocycles. The molecule has 4 nitrogen and oxygen atoms in total. The summed E-state index contributed by atoms with van der Waals surface area (Å²) in [5.74, 6) is 0.235. The highest BCUT2D eigenvalue weighted by atomic mass is 32.2. The van der Waals surface area contributed by atoms with Crippen LogP contribution in [0.1, 0.15) is 37.6 Å². The van der Waals surface area contributed by atoms with E-state index < -0.39 is 10.0 Å². The summed E-state index contributed by atoms with van der Waals surface area (Å²) < 4.78 is 26.2. The fraction of sp³-hybridized carbons (Fsp3) is 0.462. The maximum absolute atomic E-state index is 11.9. The lowest BCUT2D eigenvalue weighted by atomic mass is 10.1.